The van der Waals surface area contributed by atoms with Crippen LogP contribution in [0.2, 0.25) is 0 Å². The van der Waals surface area contributed by atoms with E-state index in [9.17, 15) is 35.7 Å². The zero-order valence-corrected chi connectivity index (χ0v) is 23.2. The van der Waals surface area contributed by atoms with Gasteiger partial charge in [0, 0.05) is 0 Å². The Balaban J connectivity index is 1.24. The number of phenolic OH excluding ortho intramolecular Hbond substituents is 1. The van der Waals surface area contributed by atoms with Gasteiger partial charge in [0.05, 0.1) is 25.9 Å². The molecular formula is C30H40O12. The van der Waals surface area contributed by atoms with Crippen molar-refractivity contribution < 1.29 is 59.4 Å². The predicted molar refractivity (Wildman–Crippen MR) is 146 cm³/mol. The van der Waals surface area contributed by atoms with E-state index in [2.05, 4.69) is 0 Å². The molecule has 12 heteroatoms. The molecule has 0 amide bonds. The van der Waals surface area contributed by atoms with Gasteiger partial charge in [0.2, 0.25) is 0 Å². The van der Waals surface area contributed by atoms with E-state index in [1.54, 1.807) is 6.07 Å². The number of aliphatic hydroxyl groups excluding tert-OH is 5. The lowest BCUT2D eigenvalue weighted by molar-refractivity contribution is -0.319. The van der Waals surface area contributed by atoms with Crippen molar-refractivity contribution in [3.05, 3.63) is 53.6 Å². The molecule has 4 aliphatic heterocycles. The number of aliphatic hydroxyl groups is 6. The van der Waals surface area contributed by atoms with E-state index in [-0.39, 0.29) is 25.1 Å². The molecule has 6 rings (SSSR count). The van der Waals surface area contributed by atoms with Crippen LogP contribution in [0.25, 0.3) is 0 Å². The molecule has 2 saturated heterocycles. The van der Waals surface area contributed by atoms with Crippen LogP contribution in [0.1, 0.15) is 36.8 Å². The summed E-state index contributed by atoms with van der Waals surface area (Å²) < 4.78 is 28.7. The number of rotatable bonds is 6. The molecular weight excluding hydrogens is 552 g/mol. The number of benzene rings is 2. The SMILES string of the molecule is OCC1(O)COC(OCC2OC(OC3CCCCc4ccc(O)c(c4)Oc4ccc(cc4)CC3)C(O)C(O)C2O)C1O. The van der Waals surface area contributed by atoms with Gasteiger partial charge in [0.25, 0.3) is 0 Å². The van der Waals surface area contributed by atoms with Crippen LogP contribution in [0, 0.1) is 0 Å². The molecule has 9 unspecified atom stereocenters. The Hall–Kier alpha value is -2.36. The van der Waals surface area contributed by atoms with Crippen LogP contribution in [-0.2, 0) is 31.8 Å². The summed E-state index contributed by atoms with van der Waals surface area (Å²) in [6.45, 7) is -1.42. The first-order valence-corrected chi connectivity index (χ1v) is 14.3. The molecule has 7 N–H and O–H groups in total. The highest BCUT2D eigenvalue weighted by Gasteiger charge is 2.50. The zero-order valence-electron chi connectivity index (χ0n) is 23.2. The lowest BCUT2D eigenvalue weighted by atomic mass is 9.98. The molecule has 4 heterocycles. The maximum atomic E-state index is 10.7. The number of phenols is 1. The number of aromatic hydroxyl groups is 1. The average Bonchev–Trinajstić information content (AvgIpc) is 3.28. The van der Waals surface area contributed by atoms with Gasteiger partial charge in [-0.05, 0) is 67.5 Å². The molecule has 2 fully saturated rings. The maximum absolute atomic E-state index is 10.7. The Morgan fingerprint density at radius 1 is 0.857 bits per heavy atom. The van der Waals surface area contributed by atoms with Crippen LogP contribution in [-0.4, -0.2) is 110 Å². The number of ether oxygens (including phenoxy) is 5. The van der Waals surface area contributed by atoms with Crippen LogP contribution >= 0.6 is 0 Å². The normalized spacial score (nSPS) is 35.8. The second-order valence-corrected chi connectivity index (χ2v) is 11.3. The van der Waals surface area contributed by atoms with Crippen molar-refractivity contribution in [2.45, 2.75) is 93.3 Å². The van der Waals surface area contributed by atoms with Crippen LogP contribution in [0.15, 0.2) is 42.5 Å². The number of fused-ring (bicyclic) bond motifs is 8. The Kier molecular flexibility index (Phi) is 10.0. The summed E-state index contributed by atoms with van der Waals surface area (Å²) in [5.74, 6) is 1.07. The minimum Gasteiger partial charge on any atom is -0.504 e. The second kappa shape index (κ2) is 13.5. The summed E-state index contributed by atoms with van der Waals surface area (Å²) in [5, 5.41) is 71.8. The first kappa shape index (κ1) is 31.1. The standard InChI is InChI=1S/C30H40O12/c31-15-30(37)16-39-29(27(30)36)38-14-23-24(33)25(34)26(35)28(42-23)41-19-4-2-1-3-18-8-12-21(32)22(13-18)40-20-10-6-17(5-9-19)7-11-20/h6-8,10-13,19,23-29,31-37H,1-5,9,14-16H2. The van der Waals surface area contributed by atoms with Crippen molar-refractivity contribution in [1.29, 1.82) is 0 Å². The lowest BCUT2D eigenvalue weighted by Crippen LogP contribution is -2.60. The molecule has 4 aliphatic rings. The first-order chi connectivity index (χ1) is 20.2. The van der Waals surface area contributed by atoms with Gasteiger partial charge < -0.3 is 59.4 Å². The Morgan fingerprint density at radius 2 is 1.62 bits per heavy atom. The van der Waals surface area contributed by atoms with Crippen molar-refractivity contribution in [1.82, 2.24) is 0 Å². The van der Waals surface area contributed by atoms with E-state index in [0.717, 1.165) is 30.4 Å². The summed E-state index contributed by atoms with van der Waals surface area (Å²) in [7, 11) is 0. The van der Waals surface area contributed by atoms with Gasteiger partial charge in [-0.25, -0.2) is 0 Å². The molecule has 0 radical (unpaired) electrons. The van der Waals surface area contributed by atoms with E-state index in [0.29, 0.717) is 30.8 Å². The van der Waals surface area contributed by atoms with Crippen LogP contribution in [0.4, 0.5) is 0 Å². The van der Waals surface area contributed by atoms with Gasteiger partial charge >= 0.3 is 0 Å². The highest BCUT2D eigenvalue weighted by Crippen LogP contribution is 2.33. The lowest BCUT2D eigenvalue weighted by Gasteiger charge is -2.41. The highest BCUT2D eigenvalue weighted by molar-refractivity contribution is 5.45. The van der Waals surface area contributed by atoms with Crippen LogP contribution in [0.3, 0.4) is 0 Å². The molecule has 42 heavy (non-hydrogen) atoms. The van der Waals surface area contributed by atoms with Gasteiger partial charge in [-0.3, -0.25) is 0 Å². The molecule has 0 spiro atoms. The highest BCUT2D eigenvalue weighted by atomic mass is 16.7. The third-order valence-electron chi connectivity index (χ3n) is 8.17. The summed E-state index contributed by atoms with van der Waals surface area (Å²) in [6, 6.07) is 12.8. The van der Waals surface area contributed by atoms with E-state index in [1.165, 1.54) is 0 Å². The third-order valence-corrected chi connectivity index (χ3v) is 8.17. The smallest absolute Gasteiger partial charge is 0.186 e. The molecule has 4 bridgehead atoms. The second-order valence-electron chi connectivity index (χ2n) is 11.3. The van der Waals surface area contributed by atoms with E-state index < -0.39 is 55.3 Å². The minimum atomic E-state index is -1.87. The summed E-state index contributed by atoms with van der Waals surface area (Å²) in [4.78, 5) is 0. The van der Waals surface area contributed by atoms with Gasteiger partial charge in [-0.2, -0.15) is 0 Å². The van der Waals surface area contributed by atoms with Crippen LogP contribution < -0.4 is 4.74 Å². The van der Waals surface area contributed by atoms with Gasteiger partial charge in [-0.15, -0.1) is 0 Å². The van der Waals surface area contributed by atoms with E-state index >= 15 is 0 Å². The Morgan fingerprint density at radius 3 is 2.36 bits per heavy atom. The fraction of sp³-hybridized carbons (Fsp3) is 0.600. The number of hydrogen-bond donors (Lipinski definition) is 7. The first-order valence-electron chi connectivity index (χ1n) is 14.3. The van der Waals surface area contributed by atoms with Crippen molar-refractivity contribution in [2.24, 2.45) is 0 Å². The minimum absolute atomic E-state index is 0.0706. The summed E-state index contributed by atoms with van der Waals surface area (Å²) >= 11 is 0. The topological polar surface area (TPSA) is 188 Å². The molecule has 0 saturated carbocycles. The molecule has 12 nitrogen and oxygen atoms in total. The fourth-order valence-electron chi connectivity index (χ4n) is 5.44. The van der Waals surface area contributed by atoms with Crippen molar-refractivity contribution in [3.63, 3.8) is 0 Å². The summed E-state index contributed by atoms with van der Waals surface area (Å²) in [5.41, 5.74) is 0.182. The number of aryl methyl sites for hydroxylation is 2. The molecule has 0 aliphatic carbocycles. The van der Waals surface area contributed by atoms with Crippen molar-refractivity contribution in [3.8, 4) is 17.2 Å². The molecule has 2 aromatic rings. The monoisotopic (exact) mass is 592 g/mol. The van der Waals surface area contributed by atoms with Gasteiger partial charge in [0.1, 0.15) is 41.9 Å². The van der Waals surface area contributed by atoms with Gasteiger partial charge in [-0.1, -0.05) is 24.6 Å². The maximum Gasteiger partial charge on any atom is 0.186 e. The molecule has 2 aromatic carbocycles. The molecule has 0 aromatic heterocycles. The third kappa shape index (κ3) is 7.05. The van der Waals surface area contributed by atoms with Crippen molar-refractivity contribution >= 4 is 0 Å². The van der Waals surface area contributed by atoms with E-state index in [1.807, 2.05) is 36.4 Å². The van der Waals surface area contributed by atoms with E-state index in [4.69, 9.17) is 23.7 Å². The predicted octanol–water partition coefficient (Wildman–Crippen LogP) is 0.493. The Bertz CT molecular complexity index is 1160. The number of hydrogen-bond acceptors (Lipinski definition) is 12. The summed E-state index contributed by atoms with van der Waals surface area (Å²) in [6.07, 6.45) is -5.87. The largest absolute Gasteiger partial charge is 0.504 e. The van der Waals surface area contributed by atoms with Gasteiger partial charge in [0.15, 0.2) is 24.1 Å². The quantitative estimate of drug-likeness (QED) is 0.246. The Labute approximate surface area is 243 Å². The zero-order chi connectivity index (χ0) is 29.9. The fourth-order valence-corrected chi connectivity index (χ4v) is 5.44. The average molecular weight is 593 g/mol. The molecule has 232 valence electrons. The van der Waals surface area contributed by atoms with Crippen molar-refractivity contribution in [2.75, 3.05) is 19.8 Å². The van der Waals surface area contributed by atoms with Crippen LogP contribution in [0.5, 0.6) is 17.2 Å². The molecule has 9 atom stereocenters.